The quantitative estimate of drug-likeness (QED) is 0.855. The maximum atomic E-state index is 4.35. The lowest BCUT2D eigenvalue weighted by molar-refractivity contribution is 0.134. The molecule has 2 fully saturated rings. The summed E-state index contributed by atoms with van der Waals surface area (Å²) in [6, 6.07) is 0.805. The standard InChI is InChI=1S/C15H25N3S2/c1-13-16-4-6-17(13)9-14-3-2-5-18(10-14)15-11-19-7-8-20-12-15/h4,6,14-15H,2-3,5,7-12H2,1H3/t14-/m1/s1. The third kappa shape index (κ3) is 3.74. The third-order valence-corrected chi connectivity index (χ3v) is 6.92. The van der Waals surface area contributed by atoms with E-state index < -0.39 is 0 Å². The molecule has 1 aromatic rings. The molecule has 0 aromatic carbocycles. The van der Waals surface area contributed by atoms with Crippen LogP contribution in [0.5, 0.6) is 0 Å². The summed E-state index contributed by atoms with van der Waals surface area (Å²) in [4.78, 5) is 7.12. The van der Waals surface area contributed by atoms with Gasteiger partial charge in [0, 0.05) is 54.5 Å². The highest BCUT2D eigenvalue weighted by atomic mass is 32.2. The zero-order valence-electron chi connectivity index (χ0n) is 12.3. The van der Waals surface area contributed by atoms with E-state index in [1.807, 2.05) is 6.20 Å². The van der Waals surface area contributed by atoms with Crippen LogP contribution in [0.4, 0.5) is 0 Å². The zero-order chi connectivity index (χ0) is 13.8. The van der Waals surface area contributed by atoms with E-state index in [0.717, 1.165) is 24.3 Å². The first-order valence-electron chi connectivity index (χ1n) is 7.70. The topological polar surface area (TPSA) is 21.1 Å². The van der Waals surface area contributed by atoms with Gasteiger partial charge in [0.25, 0.3) is 0 Å². The van der Waals surface area contributed by atoms with Crippen molar-refractivity contribution < 1.29 is 0 Å². The van der Waals surface area contributed by atoms with E-state index in [0.29, 0.717) is 0 Å². The van der Waals surface area contributed by atoms with E-state index in [1.54, 1.807) is 0 Å². The predicted molar refractivity (Wildman–Crippen MR) is 89.7 cm³/mol. The van der Waals surface area contributed by atoms with Gasteiger partial charge in [-0.3, -0.25) is 4.90 Å². The molecule has 0 amide bonds. The van der Waals surface area contributed by atoms with Gasteiger partial charge in [-0.2, -0.15) is 23.5 Å². The summed E-state index contributed by atoms with van der Waals surface area (Å²) in [6.45, 7) is 5.85. The van der Waals surface area contributed by atoms with Crippen LogP contribution in [0.2, 0.25) is 0 Å². The number of aryl methyl sites for hydroxylation is 1. The smallest absolute Gasteiger partial charge is 0.105 e. The SMILES string of the molecule is Cc1nccn1C[C@H]1CCCN(C2CSCCSC2)C1. The van der Waals surface area contributed by atoms with Gasteiger partial charge in [-0.25, -0.2) is 4.98 Å². The van der Waals surface area contributed by atoms with Crippen LogP contribution in [0.3, 0.4) is 0 Å². The maximum absolute atomic E-state index is 4.35. The average molecular weight is 312 g/mol. The second-order valence-electron chi connectivity index (χ2n) is 5.93. The Morgan fingerprint density at radius 3 is 2.80 bits per heavy atom. The molecule has 3 nitrogen and oxygen atoms in total. The van der Waals surface area contributed by atoms with Crippen LogP contribution >= 0.6 is 23.5 Å². The van der Waals surface area contributed by atoms with Crippen molar-refractivity contribution >= 4 is 23.5 Å². The van der Waals surface area contributed by atoms with E-state index in [2.05, 4.69) is 51.1 Å². The maximum Gasteiger partial charge on any atom is 0.105 e. The van der Waals surface area contributed by atoms with Crippen LogP contribution in [0, 0.1) is 12.8 Å². The fraction of sp³-hybridized carbons (Fsp3) is 0.800. The molecule has 0 radical (unpaired) electrons. The number of nitrogens with zero attached hydrogens (tertiary/aromatic N) is 3. The first-order valence-corrected chi connectivity index (χ1v) is 10.0. The van der Waals surface area contributed by atoms with Crippen molar-refractivity contribution in [3.8, 4) is 0 Å². The first-order chi connectivity index (χ1) is 9.83. The third-order valence-electron chi connectivity index (χ3n) is 4.44. The number of hydrogen-bond acceptors (Lipinski definition) is 4. The normalized spacial score (nSPS) is 26.6. The summed E-state index contributed by atoms with van der Waals surface area (Å²) in [5.41, 5.74) is 0. The van der Waals surface area contributed by atoms with Crippen molar-refractivity contribution in [2.45, 2.75) is 32.4 Å². The van der Waals surface area contributed by atoms with Crippen molar-refractivity contribution in [2.75, 3.05) is 36.1 Å². The minimum atomic E-state index is 0.801. The van der Waals surface area contributed by atoms with E-state index in [4.69, 9.17) is 0 Å². The molecule has 3 heterocycles. The number of likely N-dealkylation sites (tertiary alicyclic amines) is 1. The largest absolute Gasteiger partial charge is 0.335 e. The molecule has 0 aliphatic carbocycles. The molecule has 2 aliphatic rings. The lowest BCUT2D eigenvalue weighted by Gasteiger charge is -2.38. The second-order valence-corrected chi connectivity index (χ2v) is 8.23. The Bertz CT molecular complexity index is 413. The molecule has 0 N–H and O–H groups in total. The number of piperidine rings is 1. The van der Waals surface area contributed by atoms with Gasteiger partial charge < -0.3 is 4.57 Å². The summed E-state index contributed by atoms with van der Waals surface area (Å²) in [5.74, 6) is 7.31. The van der Waals surface area contributed by atoms with Crippen molar-refractivity contribution in [1.29, 1.82) is 0 Å². The van der Waals surface area contributed by atoms with E-state index in [1.165, 1.54) is 48.9 Å². The number of imidazole rings is 1. The summed E-state index contributed by atoms with van der Waals surface area (Å²) >= 11 is 4.30. The lowest BCUT2D eigenvalue weighted by Crippen LogP contribution is -2.45. The minimum absolute atomic E-state index is 0.801. The Morgan fingerprint density at radius 1 is 1.30 bits per heavy atom. The van der Waals surface area contributed by atoms with Crippen LogP contribution in [-0.4, -0.2) is 56.6 Å². The molecule has 0 spiro atoms. The van der Waals surface area contributed by atoms with Crippen molar-refractivity contribution in [2.24, 2.45) is 5.92 Å². The lowest BCUT2D eigenvalue weighted by atomic mass is 9.97. The molecule has 20 heavy (non-hydrogen) atoms. The highest BCUT2D eigenvalue weighted by Crippen LogP contribution is 2.26. The molecule has 2 saturated heterocycles. The van der Waals surface area contributed by atoms with Gasteiger partial charge in [0.1, 0.15) is 5.82 Å². The molecule has 1 atom stereocenters. The highest BCUT2D eigenvalue weighted by Gasteiger charge is 2.27. The molecule has 0 unspecified atom stereocenters. The van der Waals surface area contributed by atoms with Gasteiger partial charge in [-0.05, 0) is 32.2 Å². The molecule has 0 saturated carbocycles. The van der Waals surface area contributed by atoms with Crippen LogP contribution in [0.15, 0.2) is 12.4 Å². The molecule has 0 bridgehead atoms. The number of hydrogen-bond donors (Lipinski definition) is 0. The Balaban J connectivity index is 1.57. The fourth-order valence-electron chi connectivity index (χ4n) is 3.27. The van der Waals surface area contributed by atoms with E-state index >= 15 is 0 Å². The molecule has 3 rings (SSSR count). The van der Waals surface area contributed by atoms with E-state index in [9.17, 15) is 0 Å². The van der Waals surface area contributed by atoms with E-state index in [-0.39, 0.29) is 0 Å². The highest BCUT2D eigenvalue weighted by molar-refractivity contribution is 8.03. The van der Waals surface area contributed by atoms with Gasteiger partial charge >= 0.3 is 0 Å². The van der Waals surface area contributed by atoms with Crippen LogP contribution in [0.25, 0.3) is 0 Å². The number of thioether (sulfide) groups is 2. The van der Waals surface area contributed by atoms with Crippen LogP contribution in [-0.2, 0) is 6.54 Å². The number of aromatic nitrogens is 2. The zero-order valence-corrected chi connectivity index (χ0v) is 14.0. The molecule has 2 aliphatic heterocycles. The first kappa shape index (κ1) is 14.8. The molecular formula is C15H25N3S2. The Labute approximate surface area is 130 Å². The summed E-state index contributed by atoms with van der Waals surface area (Å²) in [5, 5.41) is 0. The Hall–Kier alpha value is -0.130. The number of rotatable bonds is 3. The molecule has 5 heteroatoms. The summed E-state index contributed by atoms with van der Waals surface area (Å²) in [6.07, 6.45) is 6.80. The Morgan fingerprint density at radius 2 is 2.10 bits per heavy atom. The summed E-state index contributed by atoms with van der Waals surface area (Å²) < 4.78 is 2.32. The average Bonchev–Trinajstić information content (AvgIpc) is 2.72. The van der Waals surface area contributed by atoms with Gasteiger partial charge in [0.05, 0.1) is 0 Å². The van der Waals surface area contributed by atoms with Crippen molar-refractivity contribution in [3.05, 3.63) is 18.2 Å². The summed E-state index contributed by atoms with van der Waals surface area (Å²) in [7, 11) is 0. The van der Waals surface area contributed by atoms with Gasteiger partial charge in [-0.1, -0.05) is 0 Å². The fourth-order valence-corrected chi connectivity index (χ4v) is 5.90. The molecular weight excluding hydrogens is 286 g/mol. The second kappa shape index (κ2) is 7.23. The molecule has 1 aromatic heterocycles. The minimum Gasteiger partial charge on any atom is -0.335 e. The van der Waals surface area contributed by atoms with Crippen LogP contribution in [0.1, 0.15) is 18.7 Å². The van der Waals surface area contributed by atoms with Crippen molar-refractivity contribution in [3.63, 3.8) is 0 Å². The van der Waals surface area contributed by atoms with Gasteiger partial charge in [-0.15, -0.1) is 0 Å². The van der Waals surface area contributed by atoms with Crippen molar-refractivity contribution in [1.82, 2.24) is 14.5 Å². The van der Waals surface area contributed by atoms with Crippen LogP contribution < -0.4 is 0 Å². The van der Waals surface area contributed by atoms with Gasteiger partial charge in [0.2, 0.25) is 0 Å². The predicted octanol–water partition coefficient (Wildman–Crippen LogP) is 2.75. The monoisotopic (exact) mass is 311 g/mol. The van der Waals surface area contributed by atoms with Gasteiger partial charge in [0.15, 0.2) is 0 Å². The molecule has 112 valence electrons. The Kier molecular flexibility index (Phi) is 5.35.